The van der Waals surface area contributed by atoms with E-state index in [1.807, 2.05) is 0 Å². The van der Waals surface area contributed by atoms with Gasteiger partial charge < -0.3 is 14.4 Å². The highest BCUT2D eigenvalue weighted by Gasteiger charge is 2.28. The summed E-state index contributed by atoms with van der Waals surface area (Å²) in [4.78, 5) is 24.8. The van der Waals surface area contributed by atoms with Crippen molar-refractivity contribution in [1.82, 2.24) is 4.90 Å². The van der Waals surface area contributed by atoms with Crippen molar-refractivity contribution in [3.05, 3.63) is 12.7 Å². The Labute approximate surface area is 101 Å². The smallest absolute Gasteiger partial charge is 0.325 e. The summed E-state index contributed by atoms with van der Waals surface area (Å²) in [7, 11) is 0. The maximum absolute atomic E-state index is 12.0. The van der Waals surface area contributed by atoms with E-state index in [4.69, 9.17) is 9.47 Å². The summed E-state index contributed by atoms with van der Waals surface area (Å²) in [6.45, 7) is 6.52. The lowest BCUT2D eigenvalue weighted by molar-refractivity contribution is -0.151. The summed E-state index contributed by atoms with van der Waals surface area (Å²) in [5, 5.41) is 0. The highest BCUT2D eigenvalue weighted by molar-refractivity contribution is 5.85. The molecule has 17 heavy (non-hydrogen) atoms. The zero-order valence-corrected chi connectivity index (χ0v) is 10.2. The highest BCUT2D eigenvalue weighted by atomic mass is 16.5. The topological polar surface area (TPSA) is 55.8 Å². The van der Waals surface area contributed by atoms with Crippen LogP contribution in [-0.2, 0) is 19.1 Å². The van der Waals surface area contributed by atoms with Gasteiger partial charge in [-0.2, -0.15) is 0 Å². The first-order chi connectivity index (χ1) is 8.19. The molecule has 0 aromatic heterocycles. The Morgan fingerprint density at radius 3 is 2.88 bits per heavy atom. The number of esters is 1. The van der Waals surface area contributed by atoms with E-state index in [2.05, 4.69) is 6.58 Å². The number of nitrogens with zero attached hydrogens (tertiary/aromatic N) is 1. The van der Waals surface area contributed by atoms with Gasteiger partial charge in [0.25, 0.3) is 5.91 Å². The van der Waals surface area contributed by atoms with Gasteiger partial charge in [0.2, 0.25) is 0 Å². The maximum Gasteiger partial charge on any atom is 0.325 e. The summed E-state index contributed by atoms with van der Waals surface area (Å²) in [6, 6.07) is 0. The van der Waals surface area contributed by atoms with Crippen LogP contribution in [0.15, 0.2) is 12.7 Å². The Hall–Kier alpha value is -1.36. The van der Waals surface area contributed by atoms with E-state index in [1.54, 1.807) is 13.0 Å². The van der Waals surface area contributed by atoms with Crippen LogP contribution in [0, 0.1) is 0 Å². The zero-order valence-electron chi connectivity index (χ0n) is 10.2. The Morgan fingerprint density at radius 1 is 1.59 bits per heavy atom. The van der Waals surface area contributed by atoms with Crippen LogP contribution < -0.4 is 0 Å². The van der Waals surface area contributed by atoms with E-state index in [-0.39, 0.29) is 12.5 Å². The quantitative estimate of drug-likeness (QED) is 0.508. The molecule has 1 rings (SSSR count). The van der Waals surface area contributed by atoms with Crippen molar-refractivity contribution in [3.63, 3.8) is 0 Å². The standard InChI is InChI=1S/C12H19NO4/c1-3-7-13(9-11(14)16-4-2)12(15)10-6-5-8-17-10/h3,10H,1,4-9H2,2H3/t10-/m1/s1. The SMILES string of the molecule is C=CCN(CC(=O)OCC)C(=O)[C@H]1CCCO1. The second-order valence-corrected chi connectivity index (χ2v) is 3.81. The Kier molecular flexibility index (Phi) is 5.69. The molecule has 1 aliphatic heterocycles. The number of rotatable bonds is 6. The van der Waals surface area contributed by atoms with E-state index >= 15 is 0 Å². The van der Waals surface area contributed by atoms with Crippen molar-refractivity contribution in [2.24, 2.45) is 0 Å². The number of amides is 1. The molecule has 1 amide bonds. The van der Waals surface area contributed by atoms with Crippen LogP contribution in [0.1, 0.15) is 19.8 Å². The average molecular weight is 241 g/mol. The predicted octanol–water partition coefficient (Wildman–Crippen LogP) is 0.743. The molecule has 5 nitrogen and oxygen atoms in total. The van der Waals surface area contributed by atoms with Gasteiger partial charge in [0, 0.05) is 13.2 Å². The normalized spacial score (nSPS) is 18.8. The van der Waals surface area contributed by atoms with Crippen molar-refractivity contribution in [2.45, 2.75) is 25.9 Å². The fourth-order valence-corrected chi connectivity index (χ4v) is 1.73. The molecule has 1 heterocycles. The number of hydrogen-bond acceptors (Lipinski definition) is 4. The number of ether oxygens (including phenoxy) is 2. The molecular weight excluding hydrogens is 222 g/mol. The molecule has 0 aliphatic carbocycles. The zero-order chi connectivity index (χ0) is 12.7. The summed E-state index contributed by atoms with van der Waals surface area (Å²) in [6.07, 6.45) is 2.78. The van der Waals surface area contributed by atoms with Gasteiger partial charge >= 0.3 is 5.97 Å². The van der Waals surface area contributed by atoms with Crippen LogP contribution >= 0.6 is 0 Å². The first-order valence-electron chi connectivity index (χ1n) is 5.86. The van der Waals surface area contributed by atoms with Crippen molar-refractivity contribution in [1.29, 1.82) is 0 Å². The van der Waals surface area contributed by atoms with Crippen molar-refractivity contribution in [2.75, 3.05) is 26.3 Å². The molecule has 0 N–H and O–H groups in total. The molecule has 0 aromatic carbocycles. The predicted molar refractivity (Wildman–Crippen MR) is 62.4 cm³/mol. The van der Waals surface area contributed by atoms with Gasteiger partial charge in [-0.1, -0.05) is 6.08 Å². The van der Waals surface area contributed by atoms with E-state index < -0.39 is 12.1 Å². The third-order valence-corrected chi connectivity index (χ3v) is 2.49. The van der Waals surface area contributed by atoms with Crippen molar-refractivity contribution >= 4 is 11.9 Å². The fourth-order valence-electron chi connectivity index (χ4n) is 1.73. The molecule has 96 valence electrons. The molecule has 0 saturated carbocycles. The molecule has 1 atom stereocenters. The van der Waals surface area contributed by atoms with E-state index in [0.717, 1.165) is 12.8 Å². The molecule has 5 heteroatoms. The number of hydrogen-bond donors (Lipinski definition) is 0. The minimum atomic E-state index is -0.413. The molecule has 1 aliphatic rings. The van der Waals surface area contributed by atoms with Crippen molar-refractivity contribution in [3.8, 4) is 0 Å². The van der Waals surface area contributed by atoms with Gasteiger partial charge in [0.05, 0.1) is 6.61 Å². The molecule has 0 aromatic rings. The lowest BCUT2D eigenvalue weighted by Crippen LogP contribution is -2.42. The van der Waals surface area contributed by atoms with Crippen molar-refractivity contribution < 1.29 is 19.1 Å². The van der Waals surface area contributed by atoms with Crippen LogP contribution in [0.2, 0.25) is 0 Å². The van der Waals surface area contributed by atoms with Gasteiger partial charge in [-0.15, -0.1) is 6.58 Å². The second-order valence-electron chi connectivity index (χ2n) is 3.81. The first-order valence-corrected chi connectivity index (χ1v) is 5.86. The third kappa shape index (κ3) is 4.19. The third-order valence-electron chi connectivity index (χ3n) is 2.49. The summed E-state index contributed by atoms with van der Waals surface area (Å²) >= 11 is 0. The van der Waals surface area contributed by atoms with Gasteiger partial charge in [-0.05, 0) is 19.8 Å². The van der Waals surface area contributed by atoms with E-state index in [1.165, 1.54) is 4.90 Å². The maximum atomic E-state index is 12.0. The Bertz CT molecular complexity index is 284. The molecule has 0 bridgehead atoms. The molecule has 0 unspecified atom stereocenters. The van der Waals surface area contributed by atoms with Gasteiger partial charge in [-0.25, -0.2) is 0 Å². The first kappa shape index (κ1) is 13.7. The fraction of sp³-hybridized carbons (Fsp3) is 0.667. The minimum Gasteiger partial charge on any atom is -0.465 e. The monoisotopic (exact) mass is 241 g/mol. The average Bonchev–Trinajstić information content (AvgIpc) is 2.81. The Balaban J connectivity index is 2.54. The molecule has 0 radical (unpaired) electrons. The van der Waals surface area contributed by atoms with Crippen LogP contribution in [-0.4, -0.2) is 49.2 Å². The number of carbonyl (C=O) groups excluding carboxylic acids is 2. The van der Waals surface area contributed by atoms with Crippen LogP contribution in [0.25, 0.3) is 0 Å². The lowest BCUT2D eigenvalue weighted by atomic mass is 10.2. The molecular formula is C12H19NO4. The van der Waals surface area contributed by atoms with Crippen LogP contribution in [0.4, 0.5) is 0 Å². The van der Waals surface area contributed by atoms with E-state index in [9.17, 15) is 9.59 Å². The summed E-state index contributed by atoms with van der Waals surface area (Å²) in [5.74, 6) is -0.559. The van der Waals surface area contributed by atoms with E-state index in [0.29, 0.717) is 19.8 Å². The van der Waals surface area contributed by atoms with Crippen LogP contribution in [0.5, 0.6) is 0 Å². The largest absolute Gasteiger partial charge is 0.465 e. The van der Waals surface area contributed by atoms with Gasteiger partial charge in [0.1, 0.15) is 12.6 Å². The molecule has 0 spiro atoms. The lowest BCUT2D eigenvalue weighted by Gasteiger charge is -2.22. The second kappa shape index (κ2) is 7.06. The minimum absolute atomic E-state index is 0.0431. The number of carbonyl (C=O) groups is 2. The van der Waals surface area contributed by atoms with Gasteiger partial charge in [-0.3, -0.25) is 9.59 Å². The van der Waals surface area contributed by atoms with Crippen LogP contribution in [0.3, 0.4) is 0 Å². The molecule has 1 fully saturated rings. The Morgan fingerprint density at radius 2 is 2.35 bits per heavy atom. The van der Waals surface area contributed by atoms with Gasteiger partial charge in [0.15, 0.2) is 0 Å². The highest BCUT2D eigenvalue weighted by Crippen LogP contribution is 2.14. The summed E-state index contributed by atoms with van der Waals surface area (Å²) in [5.41, 5.74) is 0. The summed E-state index contributed by atoms with van der Waals surface area (Å²) < 4.78 is 10.1. The molecule has 1 saturated heterocycles.